The van der Waals surface area contributed by atoms with Gasteiger partial charge >= 0.3 is 0 Å². The van der Waals surface area contributed by atoms with Crippen LogP contribution in [0.15, 0.2) is 70.9 Å². The van der Waals surface area contributed by atoms with Crippen molar-refractivity contribution in [2.45, 2.75) is 45.5 Å². The Labute approximate surface area is 178 Å². The van der Waals surface area contributed by atoms with E-state index in [2.05, 4.69) is 118 Å². The number of terminal acetylenes is 1. The van der Waals surface area contributed by atoms with Crippen molar-refractivity contribution in [2.24, 2.45) is 0 Å². The first kappa shape index (κ1) is 22.3. The lowest BCUT2D eigenvalue weighted by Crippen LogP contribution is -2.66. The molecule has 0 aromatic heterocycles. The molecule has 0 aliphatic carbocycles. The Hall–Kier alpha value is -1.98. The number of halogens is 1. The van der Waals surface area contributed by atoms with Gasteiger partial charge in [-0.3, -0.25) is 0 Å². The minimum absolute atomic E-state index is 0.0872. The maximum absolute atomic E-state index is 6.74. The van der Waals surface area contributed by atoms with Crippen molar-refractivity contribution in [1.29, 1.82) is 0 Å². The lowest BCUT2D eigenvalue weighted by molar-refractivity contribution is 0.737. The van der Waals surface area contributed by atoms with Gasteiger partial charge in [-0.15, -0.1) is 12.0 Å². The number of hydrogen-bond donors (Lipinski definition) is 0. The Bertz CT molecular complexity index is 902. The van der Waals surface area contributed by atoms with E-state index in [0.29, 0.717) is 5.03 Å². The molecule has 144 valence electrons. The Morgan fingerprint density at radius 2 is 1.29 bits per heavy atom. The molecule has 0 nitrogen and oxygen atoms in total. The fraction of sp³-hybridized carbons (Fsp3) is 0.280. The summed E-state index contributed by atoms with van der Waals surface area (Å²) in [4.78, 5) is 0. The smallest absolute Gasteiger partial charge is 0.127 e. The van der Waals surface area contributed by atoms with Gasteiger partial charge in [-0.1, -0.05) is 125 Å². The Balaban J connectivity index is 3.06. The lowest BCUT2D eigenvalue weighted by Gasteiger charge is -2.44. The Morgan fingerprint density at radius 3 is 1.61 bits per heavy atom. The first-order chi connectivity index (χ1) is 13.0. The van der Waals surface area contributed by atoms with Crippen LogP contribution in [-0.2, 0) is 0 Å². The number of allylic oxidation sites excluding steroid dienone is 2. The predicted molar refractivity (Wildman–Crippen MR) is 130 cm³/mol. The average Bonchev–Trinajstić information content (AvgIpc) is 2.64. The molecule has 0 atom stereocenters. The summed E-state index contributed by atoms with van der Waals surface area (Å²) >= 11 is 6.74. The van der Waals surface area contributed by atoms with Crippen molar-refractivity contribution >= 4 is 38.1 Å². The van der Waals surface area contributed by atoms with Crippen LogP contribution in [0.4, 0.5) is 0 Å². The molecule has 0 fully saturated rings. The first-order valence-electron chi connectivity index (χ1n) is 9.55. The molecule has 0 N–H and O–H groups in total. The largest absolute Gasteiger partial charge is 0.166 e. The highest BCUT2D eigenvalue weighted by molar-refractivity contribution is 7.10. The molecule has 0 amide bonds. The molecule has 3 heteroatoms. The standard InChI is InChI=1S/C25H29ClSi2/c1-8-23(26)24(19-20-27(5,6)7)28(25(2,3)4,21-15-11-9-12-16-21)22-17-13-10-14-18-22/h1,9-18H,2-7H3/b24-23+. The minimum atomic E-state index is -2.61. The second-order valence-corrected chi connectivity index (χ2v) is 18.8. The molecular formula is C25H29ClSi2. The molecule has 0 saturated heterocycles. The highest BCUT2D eigenvalue weighted by Gasteiger charge is 2.51. The molecule has 2 rings (SSSR count). The first-order valence-corrected chi connectivity index (χ1v) is 15.4. The third kappa shape index (κ3) is 4.53. The van der Waals surface area contributed by atoms with Crippen LogP contribution in [0.1, 0.15) is 20.8 Å². The zero-order valence-electron chi connectivity index (χ0n) is 17.7. The molecule has 0 heterocycles. The third-order valence-electron chi connectivity index (χ3n) is 4.82. The summed E-state index contributed by atoms with van der Waals surface area (Å²) in [5.41, 5.74) is 3.54. The van der Waals surface area contributed by atoms with Gasteiger partial charge in [0, 0.05) is 5.20 Å². The number of rotatable bonds is 3. The van der Waals surface area contributed by atoms with E-state index in [1.54, 1.807) is 0 Å². The second kappa shape index (κ2) is 8.58. The highest BCUT2D eigenvalue weighted by atomic mass is 35.5. The average molecular weight is 421 g/mol. The molecule has 0 saturated carbocycles. The minimum Gasteiger partial charge on any atom is -0.127 e. The summed E-state index contributed by atoms with van der Waals surface area (Å²) in [7, 11) is -4.23. The lowest BCUT2D eigenvalue weighted by atomic mass is 10.2. The van der Waals surface area contributed by atoms with Gasteiger partial charge in [-0.05, 0) is 15.4 Å². The summed E-state index contributed by atoms with van der Waals surface area (Å²) in [6.45, 7) is 13.6. The van der Waals surface area contributed by atoms with E-state index in [0.717, 1.165) is 5.20 Å². The third-order valence-corrected chi connectivity index (χ3v) is 11.9. The van der Waals surface area contributed by atoms with Crippen LogP contribution < -0.4 is 10.4 Å². The Morgan fingerprint density at radius 1 is 0.857 bits per heavy atom. The molecule has 2 aromatic carbocycles. The molecule has 28 heavy (non-hydrogen) atoms. The SMILES string of the molecule is C#C/C(Cl)=C(/C#C[Si](C)(C)C)[Si](c1ccccc1)(c1ccccc1)C(C)(C)C. The van der Waals surface area contributed by atoms with Crippen LogP contribution >= 0.6 is 11.6 Å². The molecule has 0 spiro atoms. The van der Waals surface area contributed by atoms with Gasteiger partial charge in [0.25, 0.3) is 0 Å². The van der Waals surface area contributed by atoms with Gasteiger partial charge in [0.15, 0.2) is 8.07 Å². The fourth-order valence-corrected chi connectivity index (χ4v) is 10.2. The van der Waals surface area contributed by atoms with Crippen LogP contribution in [0, 0.1) is 23.8 Å². The summed E-state index contributed by atoms with van der Waals surface area (Å²) < 4.78 is 0. The van der Waals surface area contributed by atoms with Crippen LogP contribution in [0.5, 0.6) is 0 Å². The van der Waals surface area contributed by atoms with E-state index < -0.39 is 16.1 Å². The summed E-state index contributed by atoms with van der Waals surface area (Å²) in [6, 6.07) is 21.3. The summed E-state index contributed by atoms with van der Waals surface area (Å²) in [6.07, 6.45) is 5.83. The van der Waals surface area contributed by atoms with Crippen molar-refractivity contribution in [2.75, 3.05) is 0 Å². The molecule has 0 aliphatic rings. The maximum atomic E-state index is 6.74. The van der Waals surface area contributed by atoms with E-state index in [1.165, 1.54) is 10.4 Å². The van der Waals surface area contributed by atoms with Gasteiger partial charge < -0.3 is 0 Å². The van der Waals surface area contributed by atoms with Gasteiger partial charge in [-0.25, -0.2) is 0 Å². The fourth-order valence-electron chi connectivity index (χ4n) is 3.71. The van der Waals surface area contributed by atoms with Crippen LogP contribution in [0.25, 0.3) is 0 Å². The van der Waals surface area contributed by atoms with E-state index in [9.17, 15) is 0 Å². The van der Waals surface area contributed by atoms with Crippen LogP contribution in [0.2, 0.25) is 24.7 Å². The van der Waals surface area contributed by atoms with Crippen molar-refractivity contribution in [3.05, 3.63) is 70.9 Å². The van der Waals surface area contributed by atoms with E-state index in [-0.39, 0.29) is 5.04 Å². The van der Waals surface area contributed by atoms with Crippen molar-refractivity contribution in [3.8, 4) is 23.8 Å². The van der Waals surface area contributed by atoms with Crippen molar-refractivity contribution < 1.29 is 0 Å². The number of hydrogen-bond acceptors (Lipinski definition) is 0. The van der Waals surface area contributed by atoms with Crippen molar-refractivity contribution in [1.82, 2.24) is 0 Å². The molecule has 0 radical (unpaired) electrons. The summed E-state index contributed by atoms with van der Waals surface area (Å²) in [5.74, 6) is 6.24. The van der Waals surface area contributed by atoms with Gasteiger partial charge in [-0.2, -0.15) is 0 Å². The highest BCUT2D eigenvalue weighted by Crippen LogP contribution is 2.41. The Kier molecular flexibility index (Phi) is 6.84. The second-order valence-electron chi connectivity index (χ2n) is 9.07. The zero-order chi connectivity index (χ0) is 21.0. The van der Waals surface area contributed by atoms with Gasteiger partial charge in [0.1, 0.15) is 8.07 Å². The van der Waals surface area contributed by atoms with E-state index in [1.807, 2.05) is 0 Å². The zero-order valence-corrected chi connectivity index (χ0v) is 20.5. The molecule has 0 aliphatic heterocycles. The molecule has 0 bridgehead atoms. The topological polar surface area (TPSA) is 0 Å². The van der Waals surface area contributed by atoms with Crippen molar-refractivity contribution in [3.63, 3.8) is 0 Å². The van der Waals surface area contributed by atoms with E-state index >= 15 is 0 Å². The molecule has 2 aromatic rings. The molecule has 0 unspecified atom stereocenters. The summed E-state index contributed by atoms with van der Waals surface area (Å²) in [5, 5.41) is 3.86. The van der Waals surface area contributed by atoms with Gasteiger partial charge in [0.2, 0.25) is 0 Å². The van der Waals surface area contributed by atoms with Gasteiger partial charge in [0.05, 0.1) is 5.03 Å². The van der Waals surface area contributed by atoms with Crippen LogP contribution in [0.3, 0.4) is 0 Å². The van der Waals surface area contributed by atoms with E-state index in [4.69, 9.17) is 18.0 Å². The predicted octanol–water partition coefficient (Wildman–Crippen LogP) is 5.60. The quantitative estimate of drug-likeness (QED) is 0.448. The maximum Gasteiger partial charge on any atom is 0.166 e. The molecular weight excluding hydrogens is 392 g/mol. The normalized spacial score (nSPS) is 13.1. The van der Waals surface area contributed by atoms with Crippen LogP contribution in [-0.4, -0.2) is 16.1 Å². The monoisotopic (exact) mass is 420 g/mol. The number of benzene rings is 2.